The second kappa shape index (κ2) is 7.19. The van der Waals surface area contributed by atoms with Gasteiger partial charge in [0, 0.05) is 20.0 Å². The van der Waals surface area contributed by atoms with Crippen LogP contribution in [-0.4, -0.2) is 64.5 Å². The van der Waals surface area contributed by atoms with Gasteiger partial charge in [0.05, 0.1) is 31.4 Å². The zero-order valence-electron chi connectivity index (χ0n) is 14.2. The van der Waals surface area contributed by atoms with Gasteiger partial charge in [0.1, 0.15) is 0 Å². The summed E-state index contributed by atoms with van der Waals surface area (Å²) in [6.45, 7) is 0.828. The summed E-state index contributed by atoms with van der Waals surface area (Å²) in [5.41, 5.74) is 0.804. The Labute approximate surface area is 147 Å². The van der Waals surface area contributed by atoms with E-state index in [0.717, 1.165) is 5.56 Å². The Kier molecular flexibility index (Phi) is 5.16. The van der Waals surface area contributed by atoms with Gasteiger partial charge in [0.25, 0.3) is 0 Å². The van der Waals surface area contributed by atoms with E-state index in [9.17, 15) is 13.2 Å². The average molecular weight is 370 g/mol. The van der Waals surface area contributed by atoms with Gasteiger partial charge in [-0.05, 0) is 17.7 Å². The van der Waals surface area contributed by atoms with Gasteiger partial charge in [-0.1, -0.05) is 6.07 Å². The highest BCUT2D eigenvalue weighted by Gasteiger charge is 2.34. The molecule has 0 bridgehead atoms. The monoisotopic (exact) mass is 370 g/mol. The third-order valence-corrected chi connectivity index (χ3v) is 6.29. The van der Waals surface area contributed by atoms with E-state index in [-0.39, 0.29) is 36.8 Å². The molecule has 0 spiro atoms. The molecule has 25 heavy (non-hydrogen) atoms. The van der Waals surface area contributed by atoms with Gasteiger partial charge in [0.2, 0.25) is 22.7 Å². The number of rotatable bonds is 6. The summed E-state index contributed by atoms with van der Waals surface area (Å²) in [6.07, 6.45) is 0.181. The minimum absolute atomic E-state index is 0.0467. The number of carbonyl (C=O) groups excluding carboxylic acids is 1. The molecular weight excluding hydrogens is 348 g/mol. The Balaban J connectivity index is 1.58. The zero-order chi connectivity index (χ0) is 18.0. The molecule has 1 amide bonds. The van der Waals surface area contributed by atoms with Gasteiger partial charge in [-0.2, -0.15) is 0 Å². The van der Waals surface area contributed by atoms with Crippen LogP contribution >= 0.6 is 0 Å². The van der Waals surface area contributed by atoms with Gasteiger partial charge >= 0.3 is 0 Å². The molecule has 0 saturated carbocycles. The smallest absolute Gasteiger partial charge is 0.231 e. The SMILES string of the molecule is CN(C)S(=O)(=O)C[C@@H]1COC[C@H]1NC(=O)Cc1ccc2c(c1)OCO2. The maximum atomic E-state index is 12.3. The summed E-state index contributed by atoms with van der Waals surface area (Å²) in [5, 5.41) is 2.89. The maximum Gasteiger partial charge on any atom is 0.231 e. The first-order valence-electron chi connectivity index (χ1n) is 8.01. The molecule has 0 radical (unpaired) electrons. The Morgan fingerprint density at radius 1 is 1.24 bits per heavy atom. The highest BCUT2D eigenvalue weighted by Crippen LogP contribution is 2.32. The molecule has 138 valence electrons. The largest absolute Gasteiger partial charge is 0.454 e. The third-order valence-electron chi connectivity index (χ3n) is 4.33. The van der Waals surface area contributed by atoms with Crippen molar-refractivity contribution < 1.29 is 27.4 Å². The number of ether oxygens (including phenoxy) is 3. The predicted octanol–water partition coefficient (Wildman–Crippen LogP) is -0.0196. The van der Waals surface area contributed by atoms with E-state index < -0.39 is 10.0 Å². The van der Waals surface area contributed by atoms with Crippen LogP contribution in [0.15, 0.2) is 18.2 Å². The number of sulfonamides is 1. The molecule has 8 nitrogen and oxygen atoms in total. The van der Waals surface area contributed by atoms with Crippen LogP contribution in [0.5, 0.6) is 11.5 Å². The number of amides is 1. The normalized spacial score (nSPS) is 22.4. The first-order valence-corrected chi connectivity index (χ1v) is 9.62. The van der Waals surface area contributed by atoms with E-state index in [2.05, 4.69) is 5.32 Å². The second-order valence-corrected chi connectivity index (χ2v) is 8.62. The van der Waals surface area contributed by atoms with Crippen molar-refractivity contribution in [3.05, 3.63) is 23.8 Å². The molecule has 2 atom stereocenters. The number of nitrogens with zero attached hydrogens (tertiary/aromatic N) is 1. The number of nitrogens with one attached hydrogen (secondary N) is 1. The lowest BCUT2D eigenvalue weighted by Gasteiger charge is -2.21. The standard InChI is InChI=1S/C16H22N2O6S/c1-18(2)25(20,21)9-12-7-22-8-13(12)17-16(19)6-11-3-4-14-15(5-11)24-10-23-14/h3-5,12-13H,6-10H2,1-2H3,(H,17,19)/t12-,13+/m0/s1. The van der Waals surface area contributed by atoms with Crippen LogP contribution in [0.4, 0.5) is 0 Å². The first-order chi connectivity index (χ1) is 11.8. The number of fused-ring (bicyclic) bond motifs is 1. The van der Waals surface area contributed by atoms with Crippen molar-refractivity contribution in [2.75, 3.05) is 39.9 Å². The van der Waals surface area contributed by atoms with Crippen LogP contribution < -0.4 is 14.8 Å². The maximum absolute atomic E-state index is 12.3. The quantitative estimate of drug-likeness (QED) is 0.756. The van der Waals surface area contributed by atoms with Crippen molar-refractivity contribution in [3.63, 3.8) is 0 Å². The average Bonchev–Trinajstić information content (AvgIpc) is 3.16. The van der Waals surface area contributed by atoms with Crippen LogP contribution in [0.2, 0.25) is 0 Å². The fourth-order valence-electron chi connectivity index (χ4n) is 2.84. The van der Waals surface area contributed by atoms with Crippen molar-refractivity contribution in [1.29, 1.82) is 0 Å². The topological polar surface area (TPSA) is 94.2 Å². The number of carbonyl (C=O) groups is 1. The second-order valence-electron chi connectivity index (χ2n) is 6.40. The molecule has 1 saturated heterocycles. The van der Waals surface area contributed by atoms with Crippen LogP contribution in [0.3, 0.4) is 0 Å². The first kappa shape index (κ1) is 18.0. The van der Waals surface area contributed by atoms with E-state index in [4.69, 9.17) is 14.2 Å². The van der Waals surface area contributed by atoms with Gasteiger partial charge in [-0.3, -0.25) is 4.79 Å². The van der Waals surface area contributed by atoms with Gasteiger partial charge in [-0.15, -0.1) is 0 Å². The Morgan fingerprint density at radius 2 is 2.00 bits per heavy atom. The third kappa shape index (κ3) is 4.23. The summed E-state index contributed by atoms with van der Waals surface area (Å²) in [7, 11) is -0.348. The zero-order valence-corrected chi connectivity index (χ0v) is 15.0. The molecule has 1 aromatic rings. The van der Waals surface area contributed by atoms with Crippen molar-refractivity contribution in [2.24, 2.45) is 5.92 Å². The minimum atomic E-state index is -3.34. The molecule has 1 aromatic carbocycles. The number of benzene rings is 1. The fraction of sp³-hybridized carbons (Fsp3) is 0.562. The molecule has 1 fully saturated rings. The van der Waals surface area contributed by atoms with Crippen LogP contribution in [0.1, 0.15) is 5.56 Å². The lowest BCUT2D eigenvalue weighted by Crippen LogP contribution is -2.44. The molecule has 1 N–H and O–H groups in total. The fourth-order valence-corrected chi connectivity index (χ4v) is 4.00. The van der Waals surface area contributed by atoms with E-state index in [1.165, 1.54) is 18.4 Å². The van der Waals surface area contributed by atoms with Crippen LogP contribution in [-0.2, 0) is 26.0 Å². The molecule has 0 aromatic heterocycles. The molecule has 2 heterocycles. The summed E-state index contributed by atoms with van der Waals surface area (Å²) in [5.74, 6) is 0.816. The van der Waals surface area contributed by atoms with Gasteiger partial charge in [0.15, 0.2) is 11.5 Å². The summed E-state index contributed by atoms with van der Waals surface area (Å²) in [4.78, 5) is 12.3. The number of hydrogen-bond acceptors (Lipinski definition) is 6. The van der Waals surface area contributed by atoms with Gasteiger partial charge < -0.3 is 19.5 Å². The van der Waals surface area contributed by atoms with Gasteiger partial charge in [-0.25, -0.2) is 12.7 Å². The Hall–Kier alpha value is -1.84. The molecule has 0 unspecified atom stereocenters. The van der Waals surface area contributed by atoms with Crippen molar-refractivity contribution in [1.82, 2.24) is 9.62 Å². The molecule has 3 rings (SSSR count). The molecular formula is C16H22N2O6S. The van der Waals surface area contributed by atoms with Crippen LogP contribution in [0, 0.1) is 5.92 Å². The van der Waals surface area contributed by atoms with E-state index in [1.807, 2.05) is 6.07 Å². The summed E-state index contributed by atoms with van der Waals surface area (Å²) >= 11 is 0. The Bertz CT molecular complexity index is 749. The van der Waals surface area contributed by atoms with Crippen molar-refractivity contribution in [3.8, 4) is 11.5 Å². The molecule has 2 aliphatic rings. The molecule has 9 heteroatoms. The minimum Gasteiger partial charge on any atom is -0.454 e. The highest BCUT2D eigenvalue weighted by molar-refractivity contribution is 7.89. The van der Waals surface area contributed by atoms with E-state index >= 15 is 0 Å². The van der Waals surface area contributed by atoms with E-state index in [0.29, 0.717) is 24.7 Å². The molecule has 0 aliphatic carbocycles. The van der Waals surface area contributed by atoms with E-state index in [1.54, 1.807) is 12.1 Å². The highest BCUT2D eigenvalue weighted by atomic mass is 32.2. The Morgan fingerprint density at radius 3 is 2.76 bits per heavy atom. The predicted molar refractivity (Wildman–Crippen MR) is 90.0 cm³/mol. The van der Waals surface area contributed by atoms with Crippen LogP contribution in [0.25, 0.3) is 0 Å². The summed E-state index contributed by atoms with van der Waals surface area (Å²) < 4.78 is 41.2. The molecule has 2 aliphatic heterocycles. The van der Waals surface area contributed by atoms with Crippen molar-refractivity contribution in [2.45, 2.75) is 12.5 Å². The number of hydrogen-bond donors (Lipinski definition) is 1. The lowest BCUT2D eigenvalue weighted by molar-refractivity contribution is -0.121. The lowest BCUT2D eigenvalue weighted by atomic mass is 10.1. The van der Waals surface area contributed by atoms with Crippen molar-refractivity contribution >= 4 is 15.9 Å². The summed E-state index contributed by atoms with van der Waals surface area (Å²) in [6, 6.07) is 5.06.